The molecule has 21 heavy (non-hydrogen) atoms. The van der Waals surface area contributed by atoms with Gasteiger partial charge >= 0.3 is 0 Å². The van der Waals surface area contributed by atoms with E-state index in [1.165, 1.54) is 25.1 Å². The predicted molar refractivity (Wildman–Crippen MR) is 76.0 cm³/mol. The van der Waals surface area contributed by atoms with Crippen molar-refractivity contribution in [3.8, 4) is 0 Å². The van der Waals surface area contributed by atoms with E-state index >= 15 is 0 Å². The van der Waals surface area contributed by atoms with Crippen LogP contribution in [0.25, 0.3) is 0 Å². The zero-order chi connectivity index (χ0) is 15.8. The van der Waals surface area contributed by atoms with E-state index in [0.29, 0.717) is 6.07 Å². The van der Waals surface area contributed by atoms with Crippen LogP contribution in [0.15, 0.2) is 39.7 Å². The maximum atomic E-state index is 13.7. The van der Waals surface area contributed by atoms with E-state index in [4.69, 9.17) is 0 Å². The molecule has 0 atom stereocenters. The molecule has 0 fully saturated rings. The Morgan fingerprint density at radius 1 is 1.10 bits per heavy atom. The number of halogens is 4. The number of benzene rings is 2. The van der Waals surface area contributed by atoms with Gasteiger partial charge in [0.05, 0.1) is 5.69 Å². The van der Waals surface area contributed by atoms with Gasteiger partial charge in [-0.3, -0.25) is 4.72 Å². The zero-order valence-corrected chi connectivity index (χ0v) is 13.0. The maximum Gasteiger partial charge on any atom is 0.265 e. The molecular formula is C13H9BrF3NO2S. The fourth-order valence-electron chi connectivity index (χ4n) is 1.70. The zero-order valence-electron chi connectivity index (χ0n) is 10.6. The SMILES string of the molecule is Cc1c(F)cccc1NS(=O)(=O)c1c(F)cc(F)cc1Br. The molecule has 3 nitrogen and oxygen atoms in total. The molecule has 2 aromatic carbocycles. The molecule has 0 spiro atoms. The van der Waals surface area contributed by atoms with Crippen molar-refractivity contribution < 1.29 is 21.6 Å². The van der Waals surface area contributed by atoms with Crippen molar-refractivity contribution in [1.82, 2.24) is 0 Å². The van der Waals surface area contributed by atoms with Crippen LogP contribution in [0, 0.1) is 24.4 Å². The highest BCUT2D eigenvalue weighted by Gasteiger charge is 2.24. The molecule has 2 rings (SSSR count). The van der Waals surface area contributed by atoms with Gasteiger partial charge in [-0.2, -0.15) is 0 Å². The average Bonchev–Trinajstić information content (AvgIpc) is 2.33. The topological polar surface area (TPSA) is 46.2 Å². The van der Waals surface area contributed by atoms with Crippen LogP contribution in [-0.4, -0.2) is 8.42 Å². The minimum absolute atomic E-state index is 0.0226. The molecule has 0 aliphatic heterocycles. The van der Waals surface area contributed by atoms with Gasteiger partial charge < -0.3 is 0 Å². The lowest BCUT2D eigenvalue weighted by Crippen LogP contribution is -2.16. The third-order valence-corrected chi connectivity index (χ3v) is 5.07. The molecule has 1 N–H and O–H groups in total. The molecule has 0 amide bonds. The maximum absolute atomic E-state index is 13.7. The van der Waals surface area contributed by atoms with Crippen LogP contribution in [0.2, 0.25) is 0 Å². The van der Waals surface area contributed by atoms with Crippen LogP contribution in [-0.2, 0) is 10.0 Å². The van der Waals surface area contributed by atoms with Crippen molar-refractivity contribution in [1.29, 1.82) is 0 Å². The van der Waals surface area contributed by atoms with Crippen molar-refractivity contribution in [3.63, 3.8) is 0 Å². The molecule has 0 radical (unpaired) electrons. The van der Waals surface area contributed by atoms with Crippen molar-refractivity contribution in [2.24, 2.45) is 0 Å². The Balaban J connectivity index is 2.51. The summed E-state index contributed by atoms with van der Waals surface area (Å²) in [5, 5.41) is 0. The smallest absolute Gasteiger partial charge is 0.265 e. The van der Waals surface area contributed by atoms with Crippen LogP contribution < -0.4 is 4.72 Å². The number of hydrogen-bond acceptors (Lipinski definition) is 2. The van der Waals surface area contributed by atoms with E-state index in [2.05, 4.69) is 20.7 Å². The molecule has 0 heterocycles. The largest absolute Gasteiger partial charge is 0.279 e. The lowest BCUT2D eigenvalue weighted by molar-refractivity contribution is 0.548. The van der Waals surface area contributed by atoms with Crippen LogP contribution in [0.5, 0.6) is 0 Å². The summed E-state index contributed by atoms with van der Waals surface area (Å²) in [7, 11) is -4.34. The van der Waals surface area contributed by atoms with Gasteiger partial charge in [-0.1, -0.05) is 6.07 Å². The molecule has 8 heteroatoms. The Kier molecular flexibility index (Phi) is 4.29. The van der Waals surface area contributed by atoms with Crippen molar-refractivity contribution in [2.75, 3.05) is 4.72 Å². The highest BCUT2D eigenvalue weighted by Crippen LogP contribution is 2.29. The molecule has 0 aliphatic carbocycles. The first-order chi connectivity index (χ1) is 9.72. The highest BCUT2D eigenvalue weighted by molar-refractivity contribution is 9.10. The number of nitrogens with one attached hydrogen (secondary N) is 1. The van der Waals surface area contributed by atoms with E-state index < -0.39 is 32.4 Å². The van der Waals surface area contributed by atoms with Crippen molar-refractivity contribution >= 4 is 31.6 Å². The highest BCUT2D eigenvalue weighted by atomic mass is 79.9. The predicted octanol–water partition coefficient (Wildman–Crippen LogP) is 3.98. The summed E-state index contributed by atoms with van der Waals surface area (Å²) in [6.07, 6.45) is 0. The first-order valence-electron chi connectivity index (χ1n) is 5.65. The second-order valence-corrected chi connectivity index (χ2v) is 6.69. The number of hydrogen-bond donors (Lipinski definition) is 1. The molecule has 0 saturated heterocycles. The fraction of sp³-hybridized carbons (Fsp3) is 0.0769. The third-order valence-electron chi connectivity index (χ3n) is 2.74. The minimum atomic E-state index is -4.34. The Bertz CT molecular complexity index is 786. The van der Waals surface area contributed by atoms with E-state index in [1.807, 2.05) is 0 Å². The molecule has 0 bridgehead atoms. The van der Waals surface area contributed by atoms with Gasteiger partial charge in [-0.15, -0.1) is 0 Å². The molecule has 0 aromatic heterocycles. The van der Waals surface area contributed by atoms with Gasteiger partial charge in [0.1, 0.15) is 22.3 Å². The standard InChI is InChI=1S/C13H9BrF3NO2S/c1-7-10(16)3-2-4-12(7)18-21(19,20)13-9(14)5-8(15)6-11(13)17/h2-6,18H,1H3. The molecule has 0 saturated carbocycles. The second kappa shape index (κ2) is 5.69. The Labute approximate surface area is 128 Å². The summed E-state index contributed by atoms with van der Waals surface area (Å²) in [5.74, 6) is -2.77. The number of rotatable bonds is 3. The van der Waals surface area contributed by atoms with Gasteiger partial charge in [0.15, 0.2) is 0 Å². The van der Waals surface area contributed by atoms with E-state index in [9.17, 15) is 21.6 Å². The van der Waals surface area contributed by atoms with Crippen LogP contribution in [0.1, 0.15) is 5.56 Å². The van der Waals surface area contributed by atoms with Crippen LogP contribution >= 0.6 is 15.9 Å². The number of anilines is 1. The number of sulfonamides is 1. The summed E-state index contributed by atoms with van der Waals surface area (Å²) in [6.45, 7) is 1.38. The molecule has 2 aromatic rings. The fourth-order valence-corrected chi connectivity index (χ4v) is 3.99. The third kappa shape index (κ3) is 3.21. The molecule has 0 unspecified atom stereocenters. The van der Waals surface area contributed by atoms with Crippen LogP contribution in [0.3, 0.4) is 0 Å². The Morgan fingerprint density at radius 2 is 1.76 bits per heavy atom. The lowest BCUT2D eigenvalue weighted by atomic mass is 10.2. The quantitative estimate of drug-likeness (QED) is 0.876. The lowest BCUT2D eigenvalue weighted by Gasteiger charge is -2.12. The summed E-state index contributed by atoms with van der Waals surface area (Å²) in [4.78, 5) is -0.743. The van der Waals surface area contributed by atoms with E-state index in [0.717, 1.165) is 6.07 Å². The van der Waals surface area contributed by atoms with Gasteiger partial charge in [0.2, 0.25) is 0 Å². The first kappa shape index (κ1) is 15.8. The normalized spacial score (nSPS) is 11.5. The van der Waals surface area contributed by atoms with E-state index in [-0.39, 0.29) is 15.7 Å². The Hall–Kier alpha value is -1.54. The average molecular weight is 380 g/mol. The van der Waals surface area contributed by atoms with Crippen molar-refractivity contribution in [2.45, 2.75) is 11.8 Å². The minimum Gasteiger partial charge on any atom is -0.279 e. The molecular weight excluding hydrogens is 371 g/mol. The van der Waals surface area contributed by atoms with Crippen molar-refractivity contribution in [3.05, 3.63) is 57.8 Å². The first-order valence-corrected chi connectivity index (χ1v) is 7.92. The monoisotopic (exact) mass is 379 g/mol. The van der Waals surface area contributed by atoms with Gasteiger partial charge in [0.25, 0.3) is 10.0 Å². The van der Waals surface area contributed by atoms with Crippen LogP contribution in [0.4, 0.5) is 18.9 Å². The van der Waals surface area contributed by atoms with Gasteiger partial charge in [-0.25, -0.2) is 21.6 Å². The van der Waals surface area contributed by atoms with Gasteiger partial charge in [0, 0.05) is 16.1 Å². The summed E-state index contributed by atoms with van der Waals surface area (Å²) in [6, 6.07) is 5.11. The summed E-state index contributed by atoms with van der Waals surface area (Å²) < 4.78 is 66.3. The Morgan fingerprint density at radius 3 is 2.38 bits per heavy atom. The summed E-state index contributed by atoms with van der Waals surface area (Å²) in [5.41, 5.74) is 0.0466. The molecule has 0 aliphatic rings. The second-order valence-electron chi connectivity index (χ2n) is 4.22. The van der Waals surface area contributed by atoms with Gasteiger partial charge in [-0.05, 0) is 41.1 Å². The molecule has 112 valence electrons. The summed E-state index contributed by atoms with van der Waals surface area (Å²) >= 11 is 2.81. The van der Waals surface area contributed by atoms with E-state index in [1.54, 1.807) is 0 Å².